The molecule has 0 atom stereocenters. The molecule has 0 aliphatic carbocycles. The number of carbonyl (C=O) groups is 1. The van der Waals surface area contributed by atoms with Gasteiger partial charge in [-0.3, -0.25) is 0 Å². The maximum Gasteiger partial charge on any atom is 0.335 e. The van der Waals surface area contributed by atoms with Crippen LogP contribution in [-0.2, 0) is 0 Å². The van der Waals surface area contributed by atoms with Crippen molar-refractivity contribution in [3.05, 3.63) is 343 Å². The number of aromatic nitrogens is 4. The summed E-state index contributed by atoms with van der Waals surface area (Å²) in [6.07, 6.45) is 8.34. The molecule has 0 saturated carbocycles. The predicted molar refractivity (Wildman–Crippen MR) is 379 cm³/mol. The Bertz CT molecular complexity index is 4900. The molecule has 3 aromatic heterocycles. The first-order valence-electron chi connectivity index (χ1n) is 30.5. The Balaban J connectivity index is 0.970. The Morgan fingerprint density at radius 1 is 0.293 bits per heavy atom. The molecule has 9 heteroatoms. The number of hydrogen-bond donors (Lipinski definition) is 3. The molecule has 0 spiro atoms. The molecule has 2 aliphatic rings. The molecular formula is C83H57N7O2. The summed E-state index contributed by atoms with van der Waals surface area (Å²) in [5.74, 6) is 5.88. The summed E-state index contributed by atoms with van der Waals surface area (Å²) in [5, 5.41) is 9.76. The van der Waals surface area contributed by atoms with Crippen LogP contribution in [0.5, 0.6) is 0 Å². The molecule has 0 fully saturated rings. The summed E-state index contributed by atoms with van der Waals surface area (Å²) in [4.78, 5) is 37.7. The van der Waals surface area contributed by atoms with Crippen molar-refractivity contribution >= 4 is 104 Å². The number of hydrogen-bond acceptors (Lipinski definition) is 6. The zero-order chi connectivity index (χ0) is 61.7. The number of H-pyrrole nitrogens is 2. The average molecular weight is 1180 g/mol. The van der Waals surface area contributed by atoms with Crippen LogP contribution in [0.15, 0.2) is 303 Å². The Morgan fingerprint density at radius 3 is 0.880 bits per heavy atom. The number of nitrogens with zero attached hydrogens (tertiary/aromatic N) is 5. The van der Waals surface area contributed by atoms with Crippen molar-refractivity contribution in [2.45, 2.75) is 0 Å². The number of carboxylic acid groups (broad SMARTS) is 1. The molecule has 0 saturated heterocycles. The molecular weight excluding hydrogens is 1130 g/mol. The fourth-order valence-electron chi connectivity index (χ4n) is 12.2. The van der Waals surface area contributed by atoms with E-state index in [0.29, 0.717) is 16.8 Å². The van der Waals surface area contributed by atoms with E-state index in [-0.39, 0.29) is 5.56 Å². The zero-order valence-electron chi connectivity index (χ0n) is 49.8. The van der Waals surface area contributed by atoms with E-state index in [1.807, 2.05) is 42.5 Å². The maximum absolute atomic E-state index is 11.9. The van der Waals surface area contributed by atoms with Gasteiger partial charge in [-0.2, -0.15) is 0 Å². The number of aromatic amines is 2. The van der Waals surface area contributed by atoms with Gasteiger partial charge in [-0.15, -0.1) is 0 Å². The summed E-state index contributed by atoms with van der Waals surface area (Å²) in [6, 6.07) is 104. The fourth-order valence-corrected chi connectivity index (χ4v) is 12.2. The molecule has 436 valence electrons. The van der Waals surface area contributed by atoms with Gasteiger partial charge in [0, 0.05) is 90.0 Å². The standard InChI is InChI=1S/C83H57N7O2/c91-83(92)61-34-31-57(32-35-61)33-48-71-72-49-51-74(84-72)80(58-36-42-68(43-37-58)88(62-19-7-1-8-20-62)63-21-9-2-10-22-63)76-53-55-78(86-76)82(60-40-46-70(47-41-60)90(66-27-15-5-16-28-66)67-29-17-6-18-30-67)79-56-54-77(87-79)81(75-52-50-73(71)85-75)59-38-44-69(45-39-59)89(64-23-11-3-12-24-64)65-25-13-4-14-26-65/h1-32,34-47,49-56,84,87H,(H,91,92). The third-order valence-corrected chi connectivity index (χ3v) is 16.5. The second kappa shape index (κ2) is 24.8. The van der Waals surface area contributed by atoms with Gasteiger partial charge in [0.25, 0.3) is 0 Å². The van der Waals surface area contributed by atoms with Gasteiger partial charge in [0.1, 0.15) is 0 Å². The molecule has 15 rings (SSSR count). The zero-order valence-corrected chi connectivity index (χ0v) is 49.8. The Morgan fingerprint density at radius 2 is 0.565 bits per heavy atom. The number of carboxylic acids is 1. The number of benzene rings is 10. The Kier molecular flexibility index (Phi) is 15.0. The van der Waals surface area contributed by atoms with Gasteiger partial charge in [-0.25, -0.2) is 14.8 Å². The molecule has 0 amide bonds. The van der Waals surface area contributed by atoms with Gasteiger partial charge in [0.2, 0.25) is 0 Å². The van der Waals surface area contributed by atoms with Gasteiger partial charge in [0.15, 0.2) is 0 Å². The van der Waals surface area contributed by atoms with Crippen LogP contribution < -0.4 is 14.7 Å². The summed E-state index contributed by atoms with van der Waals surface area (Å²) >= 11 is 0. The van der Waals surface area contributed by atoms with Crippen LogP contribution in [0.3, 0.4) is 0 Å². The fraction of sp³-hybridized carbons (Fsp3) is 0. The third-order valence-electron chi connectivity index (χ3n) is 16.5. The smallest absolute Gasteiger partial charge is 0.335 e. The van der Waals surface area contributed by atoms with Gasteiger partial charge in [-0.05, 0) is 199 Å². The molecule has 8 bridgehead atoms. The van der Waals surface area contributed by atoms with Crippen LogP contribution >= 0.6 is 0 Å². The van der Waals surface area contributed by atoms with Crippen molar-refractivity contribution in [3.8, 4) is 45.2 Å². The van der Waals surface area contributed by atoms with Crippen molar-refractivity contribution in [2.75, 3.05) is 14.7 Å². The second-order valence-electron chi connectivity index (χ2n) is 22.3. The minimum Gasteiger partial charge on any atom is -0.478 e. The minimum absolute atomic E-state index is 0.186. The lowest BCUT2D eigenvalue weighted by atomic mass is 10.0. The van der Waals surface area contributed by atoms with Gasteiger partial charge < -0.3 is 29.8 Å². The topological polar surface area (TPSA) is 104 Å². The molecule has 10 aromatic carbocycles. The van der Waals surface area contributed by atoms with E-state index in [1.54, 1.807) is 24.3 Å². The number of rotatable bonds is 13. The summed E-state index contributed by atoms with van der Waals surface area (Å²) in [6.45, 7) is 0. The monoisotopic (exact) mass is 1180 g/mol. The molecule has 13 aromatic rings. The minimum atomic E-state index is -1.000. The van der Waals surface area contributed by atoms with Crippen LogP contribution in [0, 0.1) is 11.8 Å². The molecule has 92 heavy (non-hydrogen) atoms. The van der Waals surface area contributed by atoms with Crippen LogP contribution in [0.4, 0.5) is 51.2 Å². The molecule has 9 nitrogen and oxygen atoms in total. The van der Waals surface area contributed by atoms with E-state index < -0.39 is 5.97 Å². The van der Waals surface area contributed by atoms with E-state index in [4.69, 9.17) is 9.97 Å². The predicted octanol–water partition coefficient (Wildman–Crippen LogP) is 21.2. The first-order chi connectivity index (χ1) is 45.4. The molecule has 3 N–H and O–H groups in total. The van der Waals surface area contributed by atoms with Crippen molar-refractivity contribution in [3.63, 3.8) is 0 Å². The lowest BCUT2D eigenvalue weighted by Crippen LogP contribution is -2.09. The van der Waals surface area contributed by atoms with Crippen LogP contribution in [0.2, 0.25) is 0 Å². The van der Waals surface area contributed by atoms with Crippen molar-refractivity contribution in [2.24, 2.45) is 0 Å². The number of nitrogens with one attached hydrogen (secondary N) is 2. The van der Waals surface area contributed by atoms with Crippen molar-refractivity contribution in [1.82, 2.24) is 19.9 Å². The Hall–Kier alpha value is -12.8. The summed E-state index contributed by atoms with van der Waals surface area (Å²) < 4.78 is 0. The first kappa shape index (κ1) is 55.8. The molecule has 0 unspecified atom stereocenters. The second-order valence-corrected chi connectivity index (χ2v) is 22.3. The normalized spacial score (nSPS) is 11.4. The third kappa shape index (κ3) is 11.2. The summed E-state index contributed by atoms with van der Waals surface area (Å²) in [7, 11) is 0. The van der Waals surface area contributed by atoms with Gasteiger partial charge in [0.05, 0.1) is 39.4 Å². The quantitative estimate of drug-likeness (QED) is 0.0988. The van der Waals surface area contributed by atoms with E-state index in [1.165, 1.54) is 0 Å². The van der Waals surface area contributed by atoms with Crippen LogP contribution in [-0.4, -0.2) is 31.0 Å². The average Bonchev–Trinajstić information content (AvgIpc) is 1.73. The number of anilines is 9. The Labute approximate surface area is 533 Å². The molecule has 5 heterocycles. The highest BCUT2D eigenvalue weighted by molar-refractivity contribution is 5.99. The molecule has 0 radical (unpaired) electrons. The number of fused-ring (bicyclic) bond motifs is 8. The van der Waals surface area contributed by atoms with E-state index in [2.05, 4.69) is 297 Å². The van der Waals surface area contributed by atoms with Crippen molar-refractivity contribution in [1.29, 1.82) is 0 Å². The van der Waals surface area contributed by atoms with E-state index in [9.17, 15) is 9.90 Å². The van der Waals surface area contributed by atoms with Crippen LogP contribution in [0.1, 0.15) is 44.3 Å². The van der Waals surface area contributed by atoms with Crippen LogP contribution in [0.25, 0.3) is 79.8 Å². The highest BCUT2D eigenvalue weighted by Gasteiger charge is 2.22. The van der Waals surface area contributed by atoms with Gasteiger partial charge >= 0.3 is 5.97 Å². The SMILES string of the molecule is O=C(O)c1ccc(C#Cc2c3nc(c(-c4ccc(N(c5ccccc5)c5ccccc5)cc4)c4ccc([nH]4)c(-c4ccc(N(c5ccccc5)c5ccccc5)cc4)c4nc(c(-c5ccc(N(c6ccccc6)c6ccccc6)cc5)c5ccc2[nH]5)C=C4)C=C3)cc1. The highest BCUT2D eigenvalue weighted by atomic mass is 16.4. The lowest BCUT2D eigenvalue weighted by molar-refractivity contribution is 0.0696. The molecule has 2 aliphatic heterocycles. The van der Waals surface area contributed by atoms with Gasteiger partial charge in [-0.1, -0.05) is 157 Å². The number of aromatic carboxylic acids is 1. The van der Waals surface area contributed by atoms with Crippen molar-refractivity contribution < 1.29 is 9.90 Å². The summed E-state index contributed by atoms with van der Waals surface area (Å²) in [5.41, 5.74) is 22.6. The first-order valence-corrected chi connectivity index (χ1v) is 30.5. The lowest BCUT2D eigenvalue weighted by Gasteiger charge is -2.25. The number of para-hydroxylation sites is 6. The highest BCUT2D eigenvalue weighted by Crippen LogP contribution is 2.43. The maximum atomic E-state index is 11.9. The van der Waals surface area contributed by atoms with E-state index in [0.717, 1.165) is 124 Å². The van der Waals surface area contributed by atoms with E-state index >= 15 is 0 Å². The largest absolute Gasteiger partial charge is 0.478 e.